The van der Waals surface area contributed by atoms with Crippen LogP contribution in [0.2, 0.25) is 0 Å². The molecule has 2 bridgehead atoms. The van der Waals surface area contributed by atoms with Crippen molar-refractivity contribution in [1.82, 2.24) is 15.0 Å². The number of imidazole rings is 1. The number of hydrogen-bond donors (Lipinski definition) is 2. The molecule has 0 aliphatic heterocycles. The first-order valence-corrected chi connectivity index (χ1v) is 11.9. The van der Waals surface area contributed by atoms with Gasteiger partial charge in [0.15, 0.2) is 5.82 Å². The highest BCUT2D eigenvalue weighted by Crippen LogP contribution is 2.53. The van der Waals surface area contributed by atoms with E-state index in [-0.39, 0.29) is 39.3 Å². The van der Waals surface area contributed by atoms with Crippen molar-refractivity contribution in [1.29, 1.82) is 0 Å². The Hall–Kier alpha value is -3.88. The lowest BCUT2D eigenvalue weighted by molar-refractivity contribution is -0.141. The quantitative estimate of drug-likeness (QED) is 0.376. The number of nitrogens with zero attached hydrogens (tertiary/aromatic N) is 2. The number of nitrogens with one attached hydrogen (secondary N) is 1. The molecule has 0 atom stereocenters. The van der Waals surface area contributed by atoms with Gasteiger partial charge in [-0.3, -0.25) is 4.79 Å². The number of primary amides is 1. The maximum absolute atomic E-state index is 15.0. The number of H-pyrrole nitrogens is 1. The van der Waals surface area contributed by atoms with Crippen LogP contribution < -0.4 is 10.5 Å². The van der Waals surface area contributed by atoms with Gasteiger partial charge in [0, 0.05) is 29.3 Å². The fraction of sp³-hybridized carbons (Fsp3) is 0.296. The predicted octanol–water partition coefficient (Wildman–Crippen LogP) is 5.67. The number of rotatable bonds is 5. The molecule has 3 saturated carbocycles. The first kappa shape index (κ1) is 22.6. The zero-order valence-corrected chi connectivity index (χ0v) is 19.3. The average Bonchev–Trinajstić information content (AvgIpc) is 3.29. The van der Waals surface area contributed by atoms with Crippen LogP contribution in [-0.4, -0.2) is 26.5 Å². The van der Waals surface area contributed by atoms with Crippen LogP contribution in [-0.2, 0) is 4.79 Å². The molecule has 0 saturated heterocycles. The first-order valence-electron chi connectivity index (χ1n) is 11.9. The number of halogens is 3. The molecule has 0 radical (unpaired) electrons. The van der Waals surface area contributed by atoms with Crippen LogP contribution in [0.4, 0.5) is 13.2 Å². The van der Waals surface area contributed by atoms with Gasteiger partial charge < -0.3 is 15.5 Å². The summed E-state index contributed by atoms with van der Waals surface area (Å²) in [6.07, 6.45) is 6.13. The molecular weight excluding hydrogens is 469 g/mol. The third-order valence-electron chi connectivity index (χ3n) is 7.82. The summed E-state index contributed by atoms with van der Waals surface area (Å²) in [4.78, 5) is 23.2. The molecule has 2 heterocycles. The Morgan fingerprint density at radius 1 is 0.917 bits per heavy atom. The first-order chi connectivity index (χ1) is 17.3. The molecule has 7 rings (SSSR count). The van der Waals surface area contributed by atoms with Crippen molar-refractivity contribution < 1.29 is 22.7 Å². The number of hydrogen-bond acceptors (Lipinski definition) is 4. The van der Waals surface area contributed by atoms with Crippen LogP contribution in [0.3, 0.4) is 0 Å². The van der Waals surface area contributed by atoms with Gasteiger partial charge >= 0.3 is 0 Å². The van der Waals surface area contributed by atoms with Gasteiger partial charge in [-0.25, -0.2) is 23.1 Å². The largest absolute Gasteiger partial charge is 0.471 e. The van der Waals surface area contributed by atoms with E-state index in [9.17, 15) is 13.6 Å². The van der Waals surface area contributed by atoms with Crippen LogP contribution in [0.15, 0.2) is 48.7 Å². The summed E-state index contributed by atoms with van der Waals surface area (Å²) in [6.45, 7) is 0. The molecule has 1 amide bonds. The Kier molecular flexibility index (Phi) is 5.07. The smallest absolute Gasteiger partial charge is 0.223 e. The van der Waals surface area contributed by atoms with Gasteiger partial charge in [-0.15, -0.1) is 0 Å². The molecular formula is C27H23F3N4O2. The van der Waals surface area contributed by atoms with Gasteiger partial charge in [0.05, 0.1) is 11.1 Å². The van der Waals surface area contributed by atoms with Crippen LogP contribution >= 0.6 is 0 Å². The molecule has 184 valence electrons. The van der Waals surface area contributed by atoms with E-state index in [4.69, 9.17) is 10.5 Å². The third kappa shape index (κ3) is 3.70. The third-order valence-corrected chi connectivity index (χ3v) is 7.82. The zero-order chi connectivity index (χ0) is 25.1. The van der Waals surface area contributed by atoms with E-state index in [0.717, 1.165) is 50.7 Å². The Balaban J connectivity index is 1.20. The number of carbonyl (C=O) groups is 1. The molecule has 9 heteroatoms. The topological polar surface area (TPSA) is 93.9 Å². The maximum Gasteiger partial charge on any atom is 0.223 e. The van der Waals surface area contributed by atoms with E-state index in [1.54, 1.807) is 18.3 Å². The highest BCUT2D eigenvalue weighted by Gasteiger charge is 2.53. The molecule has 3 fully saturated rings. The van der Waals surface area contributed by atoms with Crippen molar-refractivity contribution in [3.63, 3.8) is 0 Å². The second-order valence-electron chi connectivity index (χ2n) is 9.88. The molecule has 6 nitrogen and oxygen atoms in total. The van der Waals surface area contributed by atoms with Gasteiger partial charge in [0.2, 0.25) is 11.8 Å². The monoisotopic (exact) mass is 492 g/mol. The van der Waals surface area contributed by atoms with E-state index in [2.05, 4.69) is 15.0 Å². The van der Waals surface area contributed by atoms with Crippen LogP contribution in [0, 0.1) is 22.9 Å². The SMILES string of the molecule is NC(=O)C12CCC(Oc3ccc(-c4ccc(-c5nc6c(F)cc(F)cc6[nH]5)c(F)c4)cn3)(CC1)CC2. The molecule has 2 aromatic heterocycles. The number of aromatic amines is 1. The summed E-state index contributed by atoms with van der Waals surface area (Å²) in [6, 6.07) is 10.0. The van der Waals surface area contributed by atoms with Crippen LogP contribution in [0.1, 0.15) is 38.5 Å². The minimum Gasteiger partial charge on any atom is -0.471 e. The Bertz CT molecular complexity index is 1470. The maximum atomic E-state index is 15.0. The summed E-state index contributed by atoms with van der Waals surface area (Å²) in [7, 11) is 0. The summed E-state index contributed by atoms with van der Waals surface area (Å²) in [5.74, 6) is -1.73. The normalized spacial score (nSPS) is 23.2. The number of amides is 1. The van der Waals surface area contributed by atoms with Crippen LogP contribution in [0.5, 0.6) is 5.88 Å². The van der Waals surface area contributed by atoms with Crippen molar-refractivity contribution in [2.45, 2.75) is 44.1 Å². The highest BCUT2D eigenvalue weighted by atomic mass is 19.1. The number of fused-ring (bicyclic) bond motifs is 4. The van der Waals surface area contributed by atoms with Gasteiger partial charge in [-0.1, -0.05) is 6.07 Å². The van der Waals surface area contributed by atoms with E-state index in [1.165, 1.54) is 12.1 Å². The van der Waals surface area contributed by atoms with Gasteiger partial charge in [0.25, 0.3) is 0 Å². The summed E-state index contributed by atoms with van der Waals surface area (Å²) in [5.41, 5.74) is 6.47. The summed E-state index contributed by atoms with van der Waals surface area (Å²) >= 11 is 0. The number of pyridine rings is 1. The number of ether oxygens (including phenoxy) is 1. The minimum absolute atomic E-state index is 0.0506. The molecule has 3 aliphatic carbocycles. The second kappa shape index (κ2) is 8.08. The predicted molar refractivity (Wildman–Crippen MR) is 127 cm³/mol. The van der Waals surface area contributed by atoms with Crippen LogP contribution in [0.25, 0.3) is 33.5 Å². The Morgan fingerprint density at radius 2 is 1.64 bits per heavy atom. The van der Waals surface area contributed by atoms with E-state index < -0.39 is 17.5 Å². The molecule has 4 aromatic rings. The van der Waals surface area contributed by atoms with E-state index in [0.29, 0.717) is 17.0 Å². The molecule has 0 spiro atoms. The Morgan fingerprint density at radius 3 is 2.28 bits per heavy atom. The standard InChI is InChI=1S/C27H23F3N4O2/c28-17-12-20(30)23-21(13-17)33-24(34-23)18-3-1-15(11-19(18)29)16-2-4-22(32-14-16)36-27-8-5-26(6-9-27,7-10-27)25(31)35/h1-4,11-14H,5-10H2,(H2,31,35)(H,33,34). The zero-order valence-electron chi connectivity index (χ0n) is 19.3. The summed E-state index contributed by atoms with van der Waals surface area (Å²) < 4.78 is 48.8. The molecule has 36 heavy (non-hydrogen) atoms. The van der Waals surface area contributed by atoms with Crippen molar-refractivity contribution in [3.05, 3.63) is 66.1 Å². The average molecular weight is 493 g/mol. The lowest BCUT2D eigenvalue weighted by atomic mass is 9.58. The summed E-state index contributed by atoms with van der Waals surface area (Å²) in [5, 5.41) is 0. The molecule has 3 aliphatic rings. The van der Waals surface area contributed by atoms with Gasteiger partial charge in [-0.2, -0.15) is 0 Å². The lowest BCUT2D eigenvalue weighted by Crippen LogP contribution is -2.54. The number of carbonyl (C=O) groups excluding carboxylic acids is 1. The highest BCUT2D eigenvalue weighted by molar-refractivity contribution is 5.81. The Labute approximate surface area is 204 Å². The second-order valence-corrected chi connectivity index (χ2v) is 9.88. The molecule has 2 aromatic carbocycles. The fourth-order valence-corrected chi connectivity index (χ4v) is 5.56. The minimum atomic E-state index is -0.814. The number of nitrogens with two attached hydrogens (primary N) is 1. The molecule has 0 unspecified atom stereocenters. The number of benzene rings is 2. The van der Waals surface area contributed by atoms with Crippen molar-refractivity contribution in [3.8, 4) is 28.4 Å². The van der Waals surface area contributed by atoms with E-state index >= 15 is 4.39 Å². The van der Waals surface area contributed by atoms with Gasteiger partial charge in [0.1, 0.15) is 28.6 Å². The number of aromatic nitrogens is 3. The van der Waals surface area contributed by atoms with Gasteiger partial charge in [-0.05, 0) is 68.4 Å². The lowest BCUT2D eigenvalue weighted by Gasteiger charge is -2.51. The molecule has 3 N–H and O–H groups in total. The van der Waals surface area contributed by atoms with Crippen molar-refractivity contribution in [2.24, 2.45) is 11.1 Å². The van der Waals surface area contributed by atoms with Crippen molar-refractivity contribution >= 4 is 16.9 Å². The van der Waals surface area contributed by atoms with E-state index in [1.807, 2.05) is 6.07 Å². The fourth-order valence-electron chi connectivity index (χ4n) is 5.56. The van der Waals surface area contributed by atoms with Crippen molar-refractivity contribution in [2.75, 3.05) is 0 Å².